The molecule has 0 aliphatic carbocycles. The number of hydrogen-bond donors (Lipinski definition) is 1. The molecule has 5 heteroatoms. The molecule has 1 N–H and O–H groups in total. The molecule has 1 aliphatic heterocycles. The molecule has 0 amide bonds. The Bertz CT molecular complexity index is 376. The average molecular weight is 265 g/mol. The molecule has 5 nitrogen and oxygen atoms in total. The first-order valence-electron chi connectivity index (χ1n) is 7.51. The minimum Gasteiger partial charge on any atom is -0.317 e. The van der Waals surface area contributed by atoms with Gasteiger partial charge in [0.2, 0.25) is 0 Å². The lowest BCUT2D eigenvalue weighted by atomic mass is 9.92. The number of likely N-dealkylation sites (tertiary alicyclic amines) is 1. The van der Waals surface area contributed by atoms with Crippen molar-refractivity contribution >= 4 is 0 Å². The molecule has 2 atom stereocenters. The van der Waals surface area contributed by atoms with Gasteiger partial charge in [-0.15, -0.1) is 0 Å². The molecule has 2 rings (SSSR count). The zero-order chi connectivity index (χ0) is 13.7. The van der Waals surface area contributed by atoms with Crippen LogP contribution in [0.3, 0.4) is 0 Å². The van der Waals surface area contributed by atoms with E-state index >= 15 is 0 Å². The Morgan fingerprint density at radius 3 is 3.11 bits per heavy atom. The monoisotopic (exact) mass is 265 g/mol. The fourth-order valence-corrected chi connectivity index (χ4v) is 2.89. The highest BCUT2D eigenvalue weighted by Crippen LogP contribution is 2.20. The SMILES string of the molecule is CCCn1ncnc1CN1CCCC(C(C)NC)C1. The number of hydrogen-bond acceptors (Lipinski definition) is 4. The van der Waals surface area contributed by atoms with E-state index in [1.54, 1.807) is 6.33 Å². The van der Waals surface area contributed by atoms with Crippen molar-refractivity contribution in [1.29, 1.82) is 0 Å². The molecule has 1 aromatic heterocycles. The maximum absolute atomic E-state index is 4.41. The van der Waals surface area contributed by atoms with Crippen LogP contribution in [0.1, 0.15) is 38.9 Å². The lowest BCUT2D eigenvalue weighted by molar-refractivity contribution is 0.142. The molecule has 1 aliphatic rings. The fraction of sp³-hybridized carbons (Fsp3) is 0.857. The van der Waals surface area contributed by atoms with Gasteiger partial charge in [-0.05, 0) is 45.7 Å². The number of nitrogens with zero attached hydrogens (tertiary/aromatic N) is 4. The van der Waals surface area contributed by atoms with Crippen LogP contribution in [-0.2, 0) is 13.1 Å². The second-order valence-corrected chi connectivity index (χ2v) is 5.61. The summed E-state index contributed by atoms with van der Waals surface area (Å²) >= 11 is 0. The van der Waals surface area contributed by atoms with Gasteiger partial charge in [0.1, 0.15) is 12.2 Å². The molecule has 0 bridgehead atoms. The maximum atomic E-state index is 4.41. The average Bonchev–Trinajstić information content (AvgIpc) is 2.86. The molecule has 2 heterocycles. The molecule has 1 fully saturated rings. The molecule has 19 heavy (non-hydrogen) atoms. The summed E-state index contributed by atoms with van der Waals surface area (Å²) in [6, 6.07) is 0.594. The van der Waals surface area contributed by atoms with E-state index in [0.717, 1.165) is 31.3 Å². The lowest BCUT2D eigenvalue weighted by Gasteiger charge is -2.35. The van der Waals surface area contributed by atoms with Gasteiger partial charge in [-0.3, -0.25) is 4.90 Å². The van der Waals surface area contributed by atoms with Gasteiger partial charge in [0.15, 0.2) is 0 Å². The molecular formula is C14H27N5. The van der Waals surface area contributed by atoms with Gasteiger partial charge in [-0.25, -0.2) is 9.67 Å². The van der Waals surface area contributed by atoms with Crippen LogP contribution in [0.15, 0.2) is 6.33 Å². The lowest BCUT2D eigenvalue weighted by Crippen LogP contribution is -2.43. The molecule has 0 spiro atoms. The highest BCUT2D eigenvalue weighted by molar-refractivity contribution is 4.88. The van der Waals surface area contributed by atoms with Gasteiger partial charge in [0, 0.05) is 19.1 Å². The van der Waals surface area contributed by atoms with E-state index in [4.69, 9.17) is 0 Å². The van der Waals surface area contributed by atoms with E-state index in [-0.39, 0.29) is 0 Å². The summed E-state index contributed by atoms with van der Waals surface area (Å²) in [5, 5.41) is 7.69. The first-order valence-corrected chi connectivity index (χ1v) is 7.51. The maximum Gasteiger partial charge on any atom is 0.141 e. The summed E-state index contributed by atoms with van der Waals surface area (Å²) in [5.74, 6) is 1.86. The molecule has 0 saturated carbocycles. The van der Waals surface area contributed by atoms with Gasteiger partial charge < -0.3 is 5.32 Å². The minimum atomic E-state index is 0.594. The summed E-state index contributed by atoms with van der Waals surface area (Å²) < 4.78 is 2.05. The third-order valence-corrected chi connectivity index (χ3v) is 4.20. The van der Waals surface area contributed by atoms with Crippen molar-refractivity contribution in [2.75, 3.05) is 20.1 Å². The Morgan fingerprint density at radius 1 is 1.53 bits per heavy atom. The first kappa shape index (κ1) is 14.5. The molecule has 108 valence electrons. The predicted octanol–water partition coefficient (Wildman–Crippen LogP) is 1.51. The summed E-state index contributed by atoms with van der Waals surface area (Å²) in [4.78, 5) is 6.94. The fourth-order valence-electron chi connectivity index (χ4n) is 2.89. The van der Waals surface area contributed by atoms with Crippen LogP contribution in [0.5, 0.6) is 0 Å². The third kappa shape index (κ3) is 3.76. The summed E-state index contributed by atoms with van der Waals surface area (Å²) in [6.07, 6.45) is 5.41. The van der Waals surface area contributed by atoms with Crippen LogP contribution in [0.2, 0.25) is 0 Å². The van der Waals surface area contributed by atoms with Crippen molar-refractivity contribution in [2.45, 2.75) is 52.2 Å². The van der Waals surface area contributed by atoms with Crippen molar-refractivity contribution in [3.05, 3.63) is 12.2 Å². The van der Waals surface area contributed by atoms with Crippen LogP contribution < -0.4 is 5.32 Å². The van der Waals surface area contributed by atoms with Crippen molar-refractivity contribution in [3.8, 4) is 0 Å². The molecule has 1 saturated heterocycles. The molecule has 2 unspecified atom stereocenters. The van der Waals surface area contributed by atoms with Gasteiger partial charge in [0.05, 0.1) is 6.54 Å². The number of aromatic nitrogens is 3. The zero-order valence-corrected chi connectivity index (χ0v) is 12.5. The highest BCUT2D eigenvalue weighted by atomic mass is 15.3. The van der Waals surface area contributed by atoms with E-state index in [1.807, 2.05) is 4.68 Å². The topological polar surface area (TPSA) is 46.0 Å². The first-order chi connectivity index (χ1) is 9.24. The molecule has 0 radical (unpaired) electrons. The Labute approximate surface area is 116 Å². The molecular weight excluding hydrogens is 238 g/mol. The summed E-state index contributed by atoms with van der Waals surface area (Å²) in [5.41, 5.74) is 0. The summed E-state index contributed by atoms with van der Waals surface area (Å²) in [6.45, 7) is 8.73. The zero-order valence-electron chi connectivity index (χ0n) is 12.5. The smallest absolute Gasteiger partial charge is 0.141 e. The molecule has 1 aromatic rings. The van der Waals surface area contributed by atoms with E-state index in [0.29, 0.717) is 6.04 Å². The number of nitrogens with one attached hydrogen (secondary N) is 1. The van der Waals surface area contributed by atoms with E-state index in [9.17, 15) is 0 Å². The number of aryl methyl sites for hydroxylation is 1. The van der Waals surface area contributed by atoms with E-state index < -0.39 is 0 Å². The summed E-state index contributed by atoms with van der Waals surface area (Å²) in [7, 11) is 2.06. The standard InChI is InChI=1S/C14H27N5/c1-4-7-19-14(16-11-17-19)10-18-8-5-6-13(9-18)12(2)15-3/h11-13,15H,4-10H2,1-3H3. The number of rotatable bonds is 6. The van der Waals surface area contributed by atoms with E-state index in [2.05, 4.69) is 41.2 Å². The minimum absolute atomic E-state index is 0.594. The Hall–Kier alpha value is -0.940. The van der Waals surface area contributed by atoms with Crippen molar-refractivity contribution < 1.29 is 0 Å². The van der Waals surface area contributed by atoms with Crippen LogP contribution in [0.25, 0.3) is 0 Å². The third-order valence-electron chi connectivity index (χ3n) is 4.20. The molecule has 0 aromatic carbocycles. The van der Waals surface area contributed by atoms with Crippen LogP contribution in [0, 0.1) is 5.92 Å². The Kier molecular flexibility index (Phi) is 5.34. The van der Waals surface area contributed by atoms with Gasteiger partial charge in [-0.1, -0.05) is 6.92 Å². The van der Waals surface area contributed by atoms with Crippen LogP contribution in [-0.4, -0.2) is 45.8 Å². The van der Waals surface area contributed by atoms with Gasteiger partial charge in [-0.2, -0.15) is 5.10 Å². The van der Waals surface area contributed by atoms with Crippen molar-refractivity contribution in [1.82, 2.24) is 25.0 Å². The van der Waals surface area contributed by atoms with Crippen molar-refractivity contribution in [3.63, 3.8) is 0 Å². The van der Waals surface area contributed by atoms with Gasteiger partial charge >= 0.3 is 0 Å². The van der Waals surface area contributed by atoms with Crippen LogP contribution in [0.4, 0.5) is 0 Å². The van der Waals surface area contributed by atoms with E-state index in [1.165, 1.54) is 25.9 Å². The van der Waals surface area contributed by atoms with Gasteiger partial charge in [0.25, 0.3) is 0 Å². The quantitative estimate of drug-likeness (QED) is 0.847. The highest BCUT2D eigenvalue weighted by Gasteiger charge is 2.24. The Morgan fingerprint density at radius 2 is 2.37 bits per heavy atom. The normalized spacial score (nSPS) is 22.6. The predicted molar refractivity (Wildman–Crippen MR) is 76.8 cm³/mol. The second kappa shape index (κ2) is 7.01. The number of piperidine rings is 1. The van der Waals surface area contributed by atoms with Crippen molar-refractivity contribution in [2.24, 2.45) is 5.92 Å². The van der Waals surface area contributed by atoms with Crippen LogP contribution >= 0.6 is 0 Å². The Balaban J connectivity index is 1.93. The largest absolute Gasteiger partial charge is 0.317 e. The second-order valence-electron chi connectivity index (χ2n) is 5.61.